The molecule has 0 aromatic heterocycles. The number of allylic oxidation sites excluding steroid dienone is 4. The minimum absolute atomic E-state index is 0.0238. The molecule has 3 fully saturated rings. The molecule has 12 atom stereocenters. The summed E-state index contributed by atoms with van der Waals surface area (Å²) in [6.45, 7) is 23.2. The number of fused-ring (bicyclic) bond motifs is 1. The van der Waals surface area contributed by atoms with E-state index < -0.39 is 43.2 Å². The van der Waals surface area contributed by atoms with Crippen molar-refractivity contribution in [3.05, 3.63) is 36.0 Å². The molecule has 2 saturated carbocycles. The first kappa shape index (κ1) is 37.8. The summed E-state index contributed by atoms with van der Waals surface area (Å²) in [5.74, 6) is -0.0144. The van der Waals surface area contributed by atoms with Gasteiger partial charge in [0.15, 0.2) is 6.29 Å². The summed E-state index contributed by atoms with van der Waals surface area (Å²) in [5, 5.41) is 43.5. The number of aliphatic hydroxyl groups excluding tert-OH is 3. The molecule has 4 aliphatic rings. The monoisotopic (exact) mass is 659 g/mol. The molecule has 0 spiro atoms. The van der Waals surface area contributed by atoms with Crippen molar-refractivity contribution in [3.63, 3.8) is 0 Å². The molecule has 9 nitrogen and oxygen atoms in total. The molecule has 0 aromatic rings. The first-order chi connectivity index (χ1) is 21.9. The molecule has 47 heavy (non-hydrogen) atoms. The molecule has 266 valence electrons. The number of amides is 1. The minimum Gasteiger partial charge on any atom is -0.481 e. The first-order valence-electron chi connectivity index (χ1n) is 17.6. The third-order valence-corrected chi connectivity index (χ3v) is 13.1. The van der Waals surface area contributed by atoms with E-state index in [1.165, 1.54) is 18.1 Å². The summed E-state index contributed by atoms with van der Waals surface area (Å²) in [6, 6.07) is -0.974. The Balaban J connectivity index is 1.56. The molecule has 4 rings (SSSR count). The molecule has 0 bridgehead atoms. The molecule has 3 aliphatic carbocycles. The molecule has 0 aromatic carbocycles. The van der Waals surface area contributed by atoms with Crippen LogP contribution in [0.2, 0.25) is 0 Å². The molecule has 0 unspecified atom stereocenters. The lowest BCUT2D eigenvalue weighted by Crippen LogP contribution is -2.66. The summed E-state index contributed by atoms with van der Waals surface area (Å²) >= 11 is 0. The standard InChI is InChI=1S/C38H61NO8/c1-21(2)25-12-10-22(3)26(37(25,8)19-17-31(42)43)13-14-27-23(4)11-15-29-36(6,7)30(16-18-38(27,29)9)47-35-32(39-24(5)41)34(45)33(44)28(20-40)46-35/h10,25-30,32-35,40,44-45H,1,4,11-20H2,2-3,5-9H3,(H,39,41)(H,42,43)/t25-,26-,27-,28+,29-,30-,32+,33+,34+,35-,37-,38+/m0/s1. The van der Waals surface area contributed by atoms with Crippen molar-refractivity contribution >= 4 is 11.9 Å². The zero-order valence-electron chi connectivity index (χ0n) is 29.8. The Morgan fingerprint density at radius 1 is 1.09 bits per heavy atom. The van der Waals surface area contributed by atoms with Crippen LogP contribution in [0.3, 0.4) is 0 Å². The van der Waals surface area contributed by atoms with Crippen molar-refractivity contribution in [1.82, 2.24) is 5.32 Å². The Morgan fingerprint density at radius 2 is 1.74 bits per heavy atom. The number of nitrogens with one attached hydrogen (secondary N) is 1. The van der Waals surface area contributed by atoms with E-state index in [-0.39, 0.29) is 46.5 Å². The van der Waals surface area contributed by atoms with E-state index in [1.54, 1.807) is 0 Å². The number of rotatable bonds is 11. The third kappa shape index (κ3) is 7.30. The summed E-state index contributed by atoms with van der Waals surface area (Å²) in [5.41, 5.74) is 3.28. The lowest BCUT2D eigenvalue weighted by atomic mass is 9.46. The third-order valence-electron chi connectivity index (χ3n) is 13.1. The van der Waals surface area contributed by atoms with Crippen molar-refractivity contribution in [2.24, 2.45) is 39.9 Å². The van der Waals surface area contributed by atoms with Crippen LogP contribution in [0.25, 0.3) is 0 Å². The summed E-state index contributed by atoms with van der Waals surface area (Å²) in [6.07, 6.45) is 4.53. The SMILES string of the molecule is C=C(C)[C@@H]1CC=C(C)[C@H](CC[C@H]2C(=C)CC[C@H]3C(C)(C)[C@@H](O[C@@H]4O[C@H](CO)[C@@H](O)[C@H](O)[C@H]4NC(C)=O)CC[C@]23C)[C@@]1(C)CCC(=O)O. The van der Waals surface area contributed by atoms with Crippen LogP contribution in [-0.4, -0.2) is 75.7 Å². The Bertz CT molecular complexity index is 1230. The van der Waals surface area contributed by atoms with Crippen LogP contribution in [0.1, 0.15) is 106 Å². The summed E-state index contributed by atoms with van der Waals surface area (Å²) < 4.78 is 12.6. The van der Waals surface area contributed by atoms with Gasteiger partial charge in [-0.05, 0) is 105 Å². The van der Waals surface area contributed by atoms with Crippen molar-refractivity contribution < 1.29 is 39.5 Å². The van der Waals surface area contributed by atoms with E-state index >= 15 is 0 Å². The van der Waals surface area contributed by atoms with Gasteiger partial charge in [-0.25, -0.2) is 0 Å². The second-order valence-corrected chi connectivity index (χ2v) is 16.3. The number of carboxylic acids is 1. The largest absolute Gasteiger partial charge is 0.481 e. The molecule has 1 aliphatic heterocycles. The predicted molar refractivity (Wildman–Crippen MR) is 181 cm³/mol. The van der Waals surface area contributed by atoms with Crippen LogP contribution in [0.4, 0.5) is 0 Å². The van der Waals surface area contributed by atoms with Gasteiger partial charge in [0, 0.05) is 13.3 Å². The maximum Gasteiger partial charge on any atom is 0.303 e. The number of aliphatic carboxylic acids is 1. The topological polar surface area (TPSA) is 146 Å². The molecular weight excluding hydrogens is 598 g/mol. The summed E-state index contributed by atoms with van der Waals surface area (Å²) in [4.78, 5) is 23.7. The molecule has 0 radical (unpaired) electrons. The van der Waals surface area contributed by atoms with Crippen LogP contribution in [-0.2, 0) is 19.1 Å². The highest BCUT2D eigenvalue weighted by molar-refractivity contribution is 5.73. The number of hydrogen-bond acceptors (Lipinski definition) is 7. The van der Waals surface area contributed by atoms with Gasteiger partial charge < -0.3 is 35.2 Å². The number of aliphatic hydroxyl groups is 3. The van der Waals surface area contributed by atoms with Crippen LogP contribution >= 0.6 is 0 Å². The zero-order valence-corrected chi connectivity index (χ0v) is 29.8. The predicted octanol–water partition coefficient (Wildman–Crippen LogP) is 5.53. The van der Waals surface area contributed by atoms with Gasteiger partial charge >= 0.3 is 5.97 Å². The highest BCUT2D eigenvalue weighted by Crippen LogP contribution is 2.63. The summed E-state index contributed by atoms with van der Waals surface area (Å²) in [7, 11) is 0. The van der Waals surface area contributed by atoms with E-state index in [4.69, 9.17) is 9.47 Å². The van der Waals surface area contributed by atoms with Crippen molar-refractivity contribution in [3.8, 4) is 0 Å². The quantitative estimate of drug-likeness (QED) is 0.144. The van der Waals surface area contributed by atoms with Crippen LogP contribution in [0.5, 0.6) is 0 Å². The fourth-order valence-corrected chi connectivity index (χ4v) is 10.5. The van der Waals surface area contributed by atoms with Gasteiger partial charge in [0.1, 0.15) is 24.4 Å². The Morgan fingerprint density at radius 3 is 2.34 bits per heavy atom. The van der Waals surface area contributed by atoms with Crippen LogP contribution < -0.4 is 5.32 Å². The molecule has 1 amide bonds. The number of hydrogen-bond donors (Lipinski definition) is 5. The molecule has 1 saturated heterocycles. The smallest absolute Gasteiger partial charge is 0.303 e. The second kappa shape index (κ2) is 14.4. The van der Waals surface area contributed by atoms with E-state index in [2.05, 4.69) is 66.1 Å². The highest BCUT2D eigenvalue weighted by Gasteiger charge is 2.58. The average Bonchev–Trinajstić information content (AvgIpc) is 2.97. The second-order valence-electron chi connectivity index (χ2n) is 16.3. The van der Waals surface area contributed by atoms with Gasteiger partial charge in [0.2, 0.25) is 5.91 Å². The fourth-order valence-electron chi connectivity index (χ4n) is 10.5. The molecular formula is C38H61NO8. The van der Waals surface area contributed by atoms with E-state index in [0.717, 1.165) is 50.5 Å². The highest BCUT2D eigenvalue weighted by atomic mass is 16.7. The van der Waals surface area contributed by atoms with Gasteiger partial charge in [-0.2, -0.15) is 0 Å². The molecule has 9 heteroatoms. The molecule has 5 N–H and O–H groups in total. The Hall–Kier alpha value is -2.04. The number of ether oxygens (including phenoxy) is 2. The van der Waals surface area contributed by atoms with Crippen LogP contribution in [0.15, 0.2) is 36.0 Å². The van der Waals surface area contributed by atoms with Crippen molar-refractivity contribution in [2.75, 3.05) is 6.61 Å². The van der Waals surface area contributed by atoms with Crippen LogP contribution in [0, 0.1) is 39.9 Å². The number of carboxylic acid groups (broad SMARTS) is 1. The fraction of sp³-hybridized carbons (Fsp3) is 0.789. The lowest BCUT2D eigenvalue weighted by molar-refractivity contribution is -0.302. The maximum absolute atomic E-state index is 12.0. The number of carbonyl (C=O) groups is 2. The Kier molecular flexibility index (Phi) is 11.6. The molecule has 1 heterocycles. The van der Waals surface area contributed by atoms with Gasteiger partial charge in [0.25, 0.3) is 0 Å². The number of carbonyl (C=O) groups excluding carboxylic acids is 1. The van der Waals surface area contributed by atoms with Gasteiger partial charge in [-0.3, -0.25) is 9.59 Å². The van der Waals surface area contributed by atoms with Crippen molar-refractivity contribution in [2.45, 2.75) is 143 Å². The van der Waals surface area contributed by atoms with Gasteiger partial charge in [-0.15, -0.1) is 0 Å². The average molecular weight is 660 g/mol. The maximum atomic E-state index is 12.0. The first-order valence-corrected chi connectivity index (χ1v) is 17.6. The minimum atomic E-state index is -1.36. The van der Waals surface area contributed by atoms with E-state index in [1.807, 2.05) is 0 Å². The van der Waals surface area contributed by atoms with E-state index in [0.29, 0.717) is 18.3 Å². The lowest BCUT2D eigenvalue weighted by Gasteiger charge is -2.61. The normalized spacial score (nSPS) is 41.8. The Labute approximate surface area is 281 Å². The van der Waals surface area contributed by atoms with E-state index in [9.17, 15) is 30.0 Å². The zero-order chi connectivity index (χ0) is 35.1. The van der Waals surface area contributed by atoms with Gasteiger partial charge in [-0.1, -0.05) is 63.6 Å². The van der Waals surface area contributed by atoms with Crippen molar-refractivity contribution in [1.29, 1.82) is 0 Å². The van der Waals surface area contributed by atoms with Gasteiger partial charge in [0.05, 0.1) is 12.7 Å².